The van der Waals surface area contributed by atoms with Crippen LogP contribution in [0, 0.1) is 5.41 Å². The topological polar surface area (TPSA) is 26.8 Å². The van der Waals surface area contributed by atoms with Gasteiger partial charge in [0, 0.05) is 37.1 Å². The lowest BCUT2D eigenvalue weighted by Gasteiger charge is -2.42. The van der Waals surface area contributed by atoms with E-state index in [4.69, 9.17) is 11.6 Å². The average Bonchev–Trinajstić information content (AvgIpc) is 2.96. The Morgan fingerprint density at radius 2 is 1.85 bits per heavy atom. The van der Waals surface area contributed by atoms with Crippen molar-refractivity contribution < 1.29 is 4.79 Å². The van der Waals surface area contributed by atoms with Gasteiger partial charge in [0.05, 0.1) is 0 Å². The highest BCUT2D eigenvalue weighted by atomic mass is 35.5. The third kappa shape index (κ3) is 4.49. The molecule has 1 amide bonds. The molecule has 0 bridgehead atoms. The number of hydrogen-bond donors (Lipinski definition) is 0. The van der Waals surface area contributed by atoms with Gasteiger partial charge in [-0.2, -0.15) is 0 Å². The molecule has 5 heteroatoms. The summed E-state index contributed by atoms with van der Waals surface area (Å²) in [5.41, 5.74) is 1.38. The van der Waals surface area contributed by atoms with Crippen molar-refractivity contribution in [2.75, 3.05) is 39.8 Å². The maximum absolute atomic E-state index is 12.6. The highest BCUT2D eigenvalue weighted by Gasteiger charge is 2.44. The molecule has 1 atom stereocenters. The summed E-state index contributed by atoms with van der Waals surface area (Å²) in [5, 5.41) is 0.749. The lowest BCUT2D eigenvalue weighted by atomic mass is 9.77. The van der Waals surface area contributed by atoms with Crippen molar-refractivity contribution in [1.82, 2.24) is 14.7 Å². The monoisotopic (exact) mass is 389 g/mol. The molecule has 0 aromatic heterocycles. The first-order chi connectivity index (χ1) is 13.0. The van der Waals surface area contributed by atoms with E-state index in [1.54, 1.807) is 0 Å². The molecule has 1 spiro atoms. The number of benzene rings is 1. The lowest BCUT2D eigenvalue weighted by molar-refractivity contribution is -0.128. The molecular formula is C22H32ClN3O. The maximum Gasteiger partial charge on any atom is 0.223 e. The van der Waals surface area contributed by atoms with E-state index in [-0.39, 0.29) is 5.41 Å². The quantitative estimate of drug-likeness (QED) is 0.786. The first kappa shape index (κ1) is 19.2. The molecule has 3 aliphatic rings. The number of likely N-dealkylation sites (tertiary alicyclic amines) is 3. The Labute approximate surface area is 168 Å². The Kier molecular flexibility index (Phi) is 5.77. The van der Waals surface area contributed by atoms with E-state index < -0.39 is 0 Å². The highest BCUT2D eigenvalue weighted by molar-refractivity contribution is 6.30. The molecule has 0 aliphatic carbocycles. The fraction of sp³-hybridized carbons (Fsp3) is 0.682. The van der Waals surface area contributed by atoms with E-state index in [2.05, 4.69) is 21.7 Å². The molecule has 3 fully saturated rings. The van der Waals surface area contributed by atoms with E-state index in [9.17, 15) is 4.79 Å². The number of halogens is 1. The SMILES string of the molecule is CN1CCCC[C@H]1CN1CCC2(CC1)CC(=O)N(Cc1ccc(Cl)cc1)C2. The minimum Gasteiger partial charge on any atom is -0.338 e. The van der Waals surface area contributed by atoms with Gasteiger partial charge in [0.2, 0.25) is 5.91 Å². The van der Waals surface area contributed by atoms with Gasteiger partial charge in [0.1, 0.15) is 0 Å². The van der Waals surface area contributed by atoms with Crippen molar-refractivity contribution in [3.05, 3.63) is 34.9 Å². The average molecular weight is 390 g/mol. The summed E-state index contributed by atoms with van der Waals surface area (Å²) in [7, 11) is 2.28. The Hall–Kier alpha value is -1.10. The van der Waals surface area contributed by atoms with Crippen LogP contribution in [-0.4, -0.2) is 66.4 Å². The summed E-state index contributed by atoms with van der Waals surface area (Å²) < 4.78 is 0. The third-order valence-corrected chi connectivity index (χ3v) is 7.25. The van der Waals surface area contributed by atoms with Gasteiger partial charge >= 0.3 is 0 Å². The molecule has 0 N–H and O–H groups in total. The van der Waals surface area contributed by atoms with E-state index in [0.717, 1.165) is 50.0 Å². The molecule has 0 radical (unpaired) electrons. The number of carbonyl (C=O) groups is 1. The molecule has 3 aliphatic heterocycles. The van der Waals surface area contributed by atoms with Crippen LogP contribution in [0.25, 0.3) is 0 Å². The number of likely N-dealkylation sites (N-methyl/N-ethyl adjacent to an activating group) is 1. The van der Waals surface area contributed by atoms with Crippen molar-refractivity contribution in [3.8, 4) is 0 Å². The maximum atomic E-state index is 12.6. The molecule has 3 saturated heterocycles. The Morgan fingerprint density at radius 1 is 1.11 bits per heavy atom. The largest absolute Gasteiger partial charge is 0.338 e. The number of rotatable bonds is 4. The zero-order chi connectivity index (χ0) is 18.9. The molecule has 0 unspecified atom stereocenters. The van der Waals surface area contributed by atoms with E-state index in [0.29, 0.717) is 12.5 Å². The second-order valence-electron chi connectivity index (χ2n) is 8.98. The van der Waals surface area contributed by atoms with Crippen LogP contribution in [0.1, 0.15) is 44.1 Å². The van der Waals surface area contributed by atoms with Gasteiger partial charge in [-0.3, -0.25) is 4.79 Å². The molecule has 3 heterocycles. The zero-order valence-electron chi connectivity index (χ0n) is 16.5. The predicted molar refractivity (Wildman–Crippen MR) is 110 cm³/mol. The van der Waals surface area contributed by atoms with E-state index in [1.807, 2.05) is 24.3 Å². The van der Waals surface area contributed by atoms with Gasteiger partial charge in [0.25, 0.3) is 0 Å². The van der Waals surface area contributed by atoms with E-state index in [1.165, 1.54) is 37.9 Å². The molecule has 1 aromatic rings. The fourth-order valence-electron chi connectivity index (χ4n) is 5.15. The summed E-state index contributed by atoms with van der Waals surface area (Å²) in [6.07, 6.45) is 7.12. The predicted octanol–water partition coefficient (Wildman–Crippen LogP) is 3.64. The van der Waals surface area contributed by atoms with Crippen LogP contribution in [0.15, 0.2) is 24.3 Å². The smallest absolute Gasteiger partial charge is 0.223 e. The lowest BCUT2D eigenvalue weighted by Crippen LogP contribution is -2.49. The van der Waals surface area contributed by atoms with Gasteiger partial charge in [-0.15, -0.1) is 0 Å². The molecule has 4 rings (SSSR count). The van der Waals surface area contributed by atoms with Crippen molar-refractivity contribution in [1.29, 1.82) is 0 Å². The first-order valence-corrected chi connectivity index (χ1v) is 10.9. The Balaban J connectivity index is 1.30. The molecular weight excluding hydrogens is 358 g/mol. The summed E-state index contributed by atoms with van der Waals surface area (Å²) in [5.74, 6) is 0.324. The van der Waals surface area contributed by atoms with Crippen LogP contribution in [0.3, 0.4) is 0 Å². The normalized spacial score (nSPS) is 26.8. The van der Waals surface area contributed by atoms with Crippen molar-refractivity contribution >= 4 is 17.5 Å². The number of piperidine rings is 2. The van der Waals surface area contributed by atoms with Gasteiger partial charge in [-0.25, -0.2) is 0 Å². The van der Waals surface area contributed by atoms with E-state index >= 15 is 0 Å². The summed E-state index contributed by atoms with van der Waals surface area (Å²) in [6.45, 7) is 6.38. The Morgan fingerprint density at radius 3 is 2.56 bits per heavy atom. The standard InChI is InChI=1S/C22H32ClN3O/c1-24-11-3-2-4-20(24)16-25-12-9-22(10-13-25)14-21(27)26(17-22)15-18-5-7-19(23)8-6-18/h5-8,20H,2-4,9-17H2,1H3/t20-/m0/s1. The van der Waals surface area contributed by atoms with Gasteiger partial charge < -0.3 is 14.7 Å². The minimum absolute atomic E-state index is 0.207. The third-order valence-electron chi connectivity index (χ3n) is 7.00. The van der Waals surface area contributed by atoms with Gasteiger partial charge in [0.15, 0.2) is 0 Å². The molecule has 4 nitrogen and oxygen atoms in total. The van der Waals surface area contributed by atoms with Crippen molar-refractivity contribution in [3.63, 3.8) is 0 Å². The molecule has 1 aromatic carbocycles. The molecule has 0 saturated carbocycles. The number of hydrogen-bond acceptors (Lipinski definition) is 3. The first-order valence-electron chi connectivity index (χ1n) is 10.5. The van der Waals surface area contributed by atoms with Gasteiger partial charge in [-0.05, 0) is 75.5 Å². The number of amides is 1. The Bertz CT molecular complexity index is 654. The number of nitrogens with zero attached hydrogens (tertiary/aromatic N) is 3. The molecule has 148 valence electrons. The zero-order valence-corrected chi connectivity index (χ0v) is 17.3. The van der Waals surface area contributed by atoms with Crippen LogP contribution in [0.4, 0.5) is 0 Å². The highest BCUT2D eigenvalue weighted by Crippen LogP contribution is 2.41. The number of carbonyl (C=O) groups excluding carboxylic acids is 1. The van der Waals surface area contributed by atoms with Crippen LogP contribution in [0.2, 0.25) is 5.02 Å². The van der Waals surface area contributed by atoms with Crippen LogP contribution in [-0.2, 0) is 11.3 Å². The van der Waals surface area contributed by atoms with Crippen LogP contribution < -0.4 is 0 Å². The van der Waals surface area contributed by atoms with Crippen LogP contribution in [0.5, 0.6) is 0 Å². The summed E-state index contributed by atoms with van der Waals surface area (Å²) in [6, 6.07) is 8.61. The van der Waals surface area contributed by atoms with Gasteiger partial charge in [-0.1, -0.05) is 30.2 Å². The fourth-order valence-corrected chi connectivity index (χ4v) is 5.28. The molecule has 27 heavy (non-hydrogen) atoms. The summed E-state index contributed by atoms with van der Waals surface area (Å²) in [4.78, 5) is 19.9. The van der Waals surface area contributed by atoms with Crippen molar-refractivity contribution in [2.24, 2.45) is 5.41 Å². The summed E-state index contributed by atoms with van der Waals surface area (Å²) >= 11 is 5.98. The second kappa shape index (κ2) is 8.10. The minimum atomic E-state index is 0.207. The van der Waals surface area contributed by atoms with Crippen molar-refractivity contribution in [2.45, 2.75) is 51.1 Å². The second-order valence-corrected chi connectivity index (χ2v) is 9.42. The van der Waals surface area contributed by atoms with Crippen LogP contribution >= 0.6 is 11.6 Å².